The van der Waals surface area contributed by atoms with E-state index >= 15 is 0 Å². The predicted octanol–water partition coefficient (Wildman–Crippen LogP) is 0.407. The van der Waals surface area contributed by atoms with E-state index in [1.165, 1.54) is 0 Å². The van der Waals surface area contributed by atoms with Gasteiger partial charge in [0.1, 0.15) is 6.10 Å². The van der Waals surface area contributed by atoms with Crippen molar-refractivity contribution in [2.75, 3.05) is 6.54 Å². The van der Waals surface area contributed by atoms with Gasteiger partial charge in [-0.05, 0) is 26.2 Å². The summed E-state index contributed by atoms with van der Waals surface area (Å²) in [5, 5.41) is 2.91. The van der Waals surface area contributed by atoms with Crippen LogP contribution in [-0.2, 0) is 9.53 Å². The van der Waals surface area contributed by atoms with Crippen molar-refractivity contribution in [3.8, 4) is 0 Å². The third-order valence-corrected chi connectivity index (χ3v) is 2.66. The summed E-state index contributed by atoms with van der Waals surface area (Å²) in [6.07, 6.45) is 2.43. The highest BCUT2D eigenvalue weighted by atomic mass is 16.5. The maximum atomic E-state index is 11.6. The number of hydrogen-bond acceptors (Lipinski definition) is 3. The van der Waals surface area contributed by atoms with Crippen molar-refractivity contribution in [1.82, 2.24) is 5.32 Å². The predicted molar refractivity (Wildman–Crippen MR) is 54.8 cm³/mol. The molecule has 3 unspecified atom stereocenters. The van der Waals surface area contributed by atoms with E-state index in [0.29, 0.717) is 6.54 Å². The molecule has 0 bridgehead atoms. The van der Waals surface area contributed by atoms with Gasteiger partial charge >= 0.3 is 0 Å². The highest BCUT2D eigenvalue weighted by Crippen LogP contribution is 2.18. The van der Waals surface area contributed by atoms with E-state index in [0.717, 1.165) is 19.3 Å². The largest absolute Gasteiger partial charge is 0.364 e. The standard InChI is InChI=1S/C10H20N2O2/c1-3-7(2)12-10(13)9-5-4-8(6-11)14-9/h7-9H,3-6,11H2,1-2H3,(H,12,13). The van der Waals surface area contributed by atoms with Crippen molar-refractivity contribution >= 4 is 5.91 Å². The molecular weight excluding hydrogens is 180 g/mol. The summed E-state index contributed by atoms with van der Waals surface area (Å²) < 4.78 is 5.48. The van der Waals surface area contributed by atoms with Crippen LogP contribution in [0, 0.1) is 0 Å². The number of hydrogen-bond donors (Lipinski definition) is 2. The fraction of sp³-hybridized carbons (Fsp3) is 0.900. The lowest BCUT2D eigenvalue weighted by atomic mass is 10.1. The summed E-state index contributed by atoms with van der Waals surface area (Å²) >= 11 is 0. The summed E-state index contributed by atoms with van der Waals surface area (Å²) in [5.41, 5.74) is 5.47. The Bertz CT molecular complexity index is 197. The van der Waals surface area contributed by atoms with Crippen LogP contribution in [0.15, 0.2) is 0 Å². The lowest BCUT2D eigenvalue weighted by Crippen LogP contribution is -2.40. The molecule has 0 radical (unpaired) electrons. The van der Waals surface area contributed by atoms with E-state index in [1.54, 1.807) is 0 Å². The zero-order chi connectivity index (χ0) is 10.6. The summed E-state index contributed by atoms with van der Waals surface area (Å²) in [6, 6.07) is 0.225. The Balaban J connectivity index is 2.32. The monoisotopic (exact) mass is 200 g/mol. The number of ether oxygens (including phenoxy) is 1. The SMILES string of the molecule is CCC(C)NC(=O)C1CCC(CN)O1. The minimum Gasteiger partial charge on any atom is -0.364 e. The summed E-state index contributed by atoms with van der Waals surface area (Å²) in [5.74, 6) is 0.00954. The average molecular weight is 200 g/mol. The van der Waals surface area contributed by atoms with Crippen LogP contribution in [0.3, 0.4) is 0 Å². The van der Waals surface area contributed by atoms with E-state index in [1.807, 2.05) is 13.8 Å². The third-order valence-electron chi connectivity index (χ3n) is 2.66. The highest BCUT2D eigenvalue weighted by molar-refractivity contribution is 5.81. The fourth-order valence-corrected chi connectivity index (χ4v) is 1.51. The van der Waals surface area contributed by atoms with E-state index in [-0.39, 0.29) is 24.2 Å². The lowest BCUT2D eigenvalue weighted by Gasteiger charge is -2.16. The summed E-state index contributed by atoms with van der Waals surface area (Å²) in [7, 11) is 0. The molecule has 1 aliphatic rings. The Kier molecular flexibility index (Phi) is 4.35. The van der Waals surface area contributed by atoms with E-state index < -0.39 is 0 Å². The number of amides is 1. The van der Waals surface area contributed by atoms with Crippen LogP contribution in [0.2, 0.25) is 0 Å². The molecule has 82 valence electrons. The fourth-order valence-electron chi connectivity index (χ4n) is 1.51. The molecule has 1 rings (SSSR count). The molecule has 1 fully saturated rings. The van der Waals surface area contributed by atoms with Crippen molar-refractivity contribution < 1.29 is 9.53 Å². The highest BCUT2D eigenvalue weighted by Gasteiger charge is 2.29. The second-order valence-electron chi connectivity index (χ2n) is 3.88. The zero-order valence-corrected chi connectivity index (χ0v) is 8.95. The normalized spacial score (nSPS) is 28.8. The van der Waals surface area contributed by atoms with Gasteiger partial charge in [-0.1, -0.05) is 6.92 Å². The van der Waals surface area contributed by atoms with Gasteiger partial charge in [0, 0.05) is 12.6 Å². The second kappa shape index (κ2) is 5.32. The van der Waals surface area contributed by atoms with Gasteiger partial charge in [-0.2, -0.15) is 0 Å². The van der Waals surface area contributed by atoms with E-state index in [2.05, 4.69) is 5.32 Å². The number of carbonyl (C=O) groups is 1. The molecule has 0 aromatic rings. The summed E-state index contributed by atoms with van der Waals surface area (Å²) in [6.45, 7) is 4.55. The number of nitrogens with two attached hydrogens (primary N) is 1. The zero-order valence-electron chi connectivity index (χ0n) is 8.95. The first-order valence-electron chi connectivity index (χ1n) is 5.33. The first-order chi connectivity index (χ1) is 6.67. The van der Waals surface area contributed by atoms with Crippen LogP contribution in [0.1, 0.15) is 33.1 Å². The molecular formula is C10H20N2O2. The Morgan fingerprint density at radius 2 is 2.36 bits per heavy atom. The van der Waals surface area contributed by atoms with Crippen LogP contribution in [0.25, 0.3) is 0 Å². The molecule has 0 saturated carbocycles. The number of nitrogens with one attached hydrogen (secondary N) is 1. The van der Waals surface area contributed by atoms with Crippen molar-refractivity contribution in [3.63, 3.8) is 0 Å². The van der Waals surface area contributed by atoms with Gasteiger partial charge in [-0.15, -0.1) is 0 Å². The summed E-state index contributed by atoms with van der Waals surface area (Å²) in [4.78, 5) is 11.6. The first-order valence-corrected chi connectivity index (χ1v) is 5.33. The smallest absolute Gasteiger partial charge is 0.249 e. The first kappa shape index (κ1) is 11.5. The van der Waals surface area contributed by atoms with Crippen LogP contribution in [0.5, 0.6) is 0 Å². The van der Waals surface area contributed by atoms with Crippen molar-refractivity contribution in [3.05, 3.63) is 0 Å². The lowest BCUT2D eigenvalue weighted by molar-refractivity contribution is -0.132. The molecule has 1 aliphatic heterocycles. The van der Waals surface area contributed by atoms with Crippen molar-refractivity contribution in [2.45, 2.75) is 51.4 Å². The maximum absolute atomic E-state index is 11.6. The van der Waals surface area contributed by atoms with Gasteiger partial charge in [0.25, 0.3) is 0 Å². The molecule has 0 aliphatic carbocycles. The molecule has 0 aromatic heterocycles. The van der Waals surface area contributed by atoms with Gasteiger partial charge in [0.15, 0.2) is 0 Å². The molecule has 4 heteroatoms. The van der Waals surface area contributed by atoms with E-state index in [4.69, 9.17) is 10.5 Å². The van der Waals surface area contributed by atoms with E-state index in [9.17, 15) is 4.79 Å². The molecule has 3 atom stereocenters. The molecule has 0 spiro atoms. The quantitative estimate of drug-likeness (QED) is 0.690. The molecule has 1 saturated heterocycles. The average Bonchev–Trinajstić information content (AvgIpc) is 2.65. The molecule has 1 heterocycles. The molecule has 3 N–H and O–H groups in total. The molecule has 1 amide bonds. The van der Waals surface area contributed by atoms with Crippen LogP contribution in [-0.4, -0.2) is 30.7 Å². The topological polar surface area (TPSA) is 64.4 Å². The second-order valence-corrected chi connectivity index (χ2v) is 3.88. The van der Waals surface area contributed by atoms with Crippen LogP contribution in [0.4, 0.5) is 0 Å². The maximum Gasteiger partial charge on any atom is 0.249 e. The van der Waals surface area contributed by atoms with Gasteiger partial charge in [0.05, 0.1) is 6.10 Å². The van der Waals surface area contributed by atoms with Crippen LogP contribution < -0.4 is 11.1 Å². The Morgan fingerprint density at radius 1 is 1.64 bits per heavy atom. The van der Waals surface area contributed by atoms with Gasteiger partial charge in [-0.25, -0.2) is 0 Å². The Hall–Kier alpha value is -0.610. The number of rotatable bonds is 4. The third kappa shape index (κ3) is 2.96. The van der Waals surface area contributed by atoms with Crippen molar-refractivity contribution in [2.24, 2.45) is 5.73 Å². The Morgan fingerprint density at radius 3 is 2.86 bits per heavy atom. The number of carbonyl (C=O) groups excluding carboxylic acids is 1. The minimum atomic E-state index is -0.280. The Labute approximate surface area is 85.2 Å². The molecule has 14 heavy (non-hydrogen) atoms. The van der Waals surface area contributed by atoms with Gasteiger partial charge in [-0.3, -0.25) is 4.79 Å². The molecule has 4 nitrogen and oxygen atoms in total. The van der Waals surface area contributed by atoms with Crippen LogP contribution >= 0.6 is 0 Å². The molecule has 0 aromatic carbocycles. The van der Waals surface area contributed by atoms with Crippen molar-refractivity contribution in [1.29, 1.82) is 0 Å². The minimum absolute atomic E-state index is 0.00954. The van der Waals surface area contributed by atoms with Gasteiger partial charge < -0.3 is 15.8 Å². The van der Waals surface area contributed by atoms with Gasteiger partial charge in [0.2, 0.25) is 5.91 Å².